The number of hydrogen-bond acceptors (Lipinski definition) is 6. The van der Waals surface area contributed by atoms with Gasteiger partial charge < -0.3 is 10.1 Å². The van der Waals surface area contributed by atoms with E-state index in [0.717, 1.165) is 24.5 Å². The van der Waals surface area contributed by atoms with Crippen LogP contribution in [0.5, 0.6) is 0 Å². The van der Waals surface area contributed by atoms with E-state index in [1.807, 2.05) is 0 Å². The number of amides is 2. The average Bonchev–Trinajstić information content (AvgIpc) is 3.17. The van der Waals surface area contributed by atoms with Gasteiger partial charge in [0.1, 0.15) is 11.1 Å². The fourth-order valence-electron chi connectivity index (χ4n) is 2.30. The standard InChI is InChI=1S/C15H16N4O3S/c1-9(20)16-11-5-2-4-10(8-11)13(21)17-15-19-18-14(23-15)12-6-3-7-22-12/h2,4-5,8,12H,3,6-7H2,1H3,(H,16,20)(H,17,19,21). The van der Waals surface area contributed by atoms with Crippen molar-refractivity contribution in [2.75, 3.05) is 17.2 Å². The van der Waals surface area contributed by atoms with E-state index in [2.05, 4.69) is 20.8 Å². The van der Waals surface area contributed by atoms with E-state index >= 15 is 0 Å². The monoisotopic (exact) mass is 332 g/mol. The molecule has 1 unspecified atom stereocenters. The summed E-state index contributed by atoms with van der Waals surface area (Å²) in [6.45, 7) is 2.16. The van der Waals surface area contributed by atoms with Crippen molar-refractivity contribution in [1.29, 1.82) is 0 Å². The summed E-state index contributed by atoms with van der Waals surface area (Å²) in [4.78, 5) is 23.3. The number of carbonyl (C=O) groups excluding carboxylic acids is 2. The second kappa shape index (κ2) is 6.84. The van der Waals surface area contributed by atoms with Crippen LogP contribution in [0.15, 0.2) is 24.3 Å². The molecule has 0 bridgehead atoms. The molecule has 8 heteroatoms. The molecule has 2 amide bonds. The molecule has 1 aliphatic rings. The number of anilines is 2. The Morgan fingerprint density at radius 1 is 1.30 bits per heavy atom. The maximum atomic E-state index is 12.3. The van der Waals surface area contributed by atoms with Gasteiger partial charge in [-0.05, 0) is 31.0 Å². The van der Waals surface area contributed by atoms with Gasteiger partial charge >= 0.3 is 0 Å². The molecular formula is C15H16N4O3S. The van der Waals surface area contributed by atoms with Crippen LogP contribution in [0.4, 0.5) is 10.8 Å². The zero-order chi connectivity index (χ0) is 16.2. The van der Waals surface area contributed by atoms with Gasteiger partial charge in [-0.2, -0.15) is 0 Å². The van der Waals surface area contributed by atoms with Crippen molar-refractivity contribution >= 4 is 34.0 Å². The highest BCUT2D eigenvalue weighted by Gasteiger charge is 2.22. The maximum Gasteiger partial charge on any atom is 0.257 e. The summed E-state index contributed by atoms with van der Waals surface area (Å²) in [6.07, 6.45) is 1.93. The first-order valence-electron chi connectivity index (χ1n) is 7.26. The first-order chi connectivity index (χ1) is 11.1. The van der Waals surface area contributed by atoms with Gasteiger partial charge in [-0.25, -0.2) is 0 Å². The number of aromatic nitrogens is 2. The highest BCUT2D eigenvalue weighted by molar-refractivity contribution is 7.15. The predicted molar refractivity (Wildman–Crippen MR) is 86.5 cm³/mol. The minimum absolute atomic E-state index is 0.0127. The Bertz CT molecular complexity index is 725. The predicted octanol–water partition coefficient (Wildman–Crippen LogP) is 2.60. The van der Waals surface area contributed by atoms with Crippen LogP contribution in [0.2, 0.25) is 0 Å². The van der Waals surface area contributed by atoms with Crippen LogP contribution in [-0.4, -0.2) is 28.6 Å². The lowest BCUT2D eigenvalue weighted by molar-refractivity contribution is -0.114. The van der Waals surface area contributed by atoms with E-state index < -0.39 is 0 Å². The van der Waals surface area contributed by atoms with E-state index in [9.17, 15) is 9.59 Å². The summed E-state index contributed by atoms with van der Waals surface area (Å²) in [7, 11) is 0. The van der Waals surface area contributed by atoms with Crippen LogP contribution in [0, 0.1) is 0 Å². The Balaban J connectivity index is 1.68. The van der Waals surface area contributed by atoms with Gasteiger partial charge in [0.2, 0.25) is 11.0 Å². The minimum Gasteiger partial charge on any atom is -0.371 e. The van der Waals surface area contributed by atoms with Crippen molar-refractivity contribution in [3.63, 3.8) is 0 Å². The fraction of sp³-hybridized carbons (Fsp3) is 0.333. The number of rotatable bonds is 4. The van der Waals surface area contributed by atoms with Crippen molar-refractivity contribution in [1.82, 2.24) is 10.2 Å². The third-order valence-corrected chi connectivity index (χ3v) is 4.24. The first kappa shape index (κ1) is 15.6. The van der Waals surface area contributed by atoms with Gasteiger partial charge in [0.15, 0.2) is 0 Å². The number of ether oxygens (including phenoxy) is 1. The van der Waals surface area contributed by atoms with Gasteiger partial charge in [-0.3, -0.25) is 14.9 Å². The van der Waals surface area contributed by atoms with Crippen LogP contribution in [-0.2, 0) is 9.53 Å². The number of carbonyl (C=O) groups is 2. The molecule has 0 spiro atoms. The van der Waals surface area contributed by atoms with Gasteiger partial charge in [-0.1, -0.05) is 17.4 Å². The Hall–Kier alpha value is -2.32. The SMILES string of the molecule is CC(=O)Nc1cccc(C(=O)Nc2nnc(C3CCCO3)s2)c1. The molecule has 1 aliphatic heterocycles. The Morgan fingerprint density at radius 2 is 2.17 bits per heavy atom. The normalized spacial score (nSPS) is 17.0. The molecule has 23 heavy (non-hydrogen) atoms. The molecule has 120 valence electrons. The third kappa shape index (κ3) is 3.91. The van der Waals surface area contributed by atoms with Crippen molar-refractivity contribution in [3.05, 3.63) is 34.8 Å². The summed E-state index contributed by atoms with van der Waals surface area (Å²) in [5, 5.41) is 14.6. The molecule has 2 heterocycles. The molecule has 0 radical (unpaired) electrons. The van der Waals surface area contributed by atoms with Crippen LogP contribution in [0.25, 0.3) is 0 Å². The smallest absolute Gasteiger partial charge is 0.257 e. The molecule has 0 saturated carbocycles. The molecule has 3 rings (SSSR count). The zero-order valence-electron chi connectivity index (χ0n) is 12.5. The minimum atomic E-state index is -0.299. The number of benzene rings is 1. The summed E-state index contributed by atoms with van der Waals surface area (Å²) >= 11 is 1.32. The van der Waals surface area contributed by atoms with E-state index in [1.54, 1.807) is 24.3 Å². The van der Waals surface area contributed by atoms with Gasteiger partial charge in [0, 0.05) is 24.8 Å². The topological polar surface area (TPSA) is 93.2 Å². The largest absolute Gasteiger partial charge is 0.371 e. The Kier molecular flexibility index (Phi) is 4.63. The van der Waals surface area contributed by atoms with Crippen LogP contribution in [0.1, 0.15) is 41.2 Å². The quantitative estimate of drug-likeness (QED) is 0.897. The molecule has 0 aliphatic carbocycles. The molecule has 2 N–H and O–H groups in total. The number of nitrogens with one attached hydrogen (secondary N) is 2. The number of hydrogen-bond donors (Lipinski definition) is 2. The zero-order valence-corrected chi connectivity index (χ0v) is 13.4. The molecule has 1 fully saturated rings. The van der Waals surface area contributed by atoms with Gasteiger partial charge in [-0.15, -0.1) is 10.2 Å². The molecule has 2 aromatic rings. The second-order valence-electron chi connectivity index (χ2n) is 5.16. The van der Waals surface area contributed by atoms with Gasteiger partial charge in [0.05, 0.1) is 0 Å². The molecule has 1 atom stereocenters. The number of nitrogens with zero attached hydrogens (tertiary/aromatic N) is 2. The van der Waals surface area contributed by atoms with E-state index in [-0.39, 0.29) is 17.9 Å². The fourth-order valence-corrected chi connectivity index (χ4v) is 3.12. The molecule has 1 aromatic carbocycles. The first-order valence-corrected chi connectivity index (χ1v) is 8.07. The van der Waals surface area contributed by atoms with Crippen LogP contribution in [0.3, 0.4) is 0 Å². The maximum absolute atomic E-state index is 12.3. The summed E-state index contributed by atoms with van der Waals surface area (Å²) < 4.78 is 5.55. The summed E-state index contributed by atoms with van der Waals surface area (Å²) in [5.74, 6) is -0.486. The van der Waals surface area contributed by atoms with Gasteiger partial charge in [0.25, 0.3) is 5.91 Å². The lowest BCUT2D eigenvalue weighted by Crippen LogP contribution is -2.13. The highest BCUT2D eigenvalue weighted by Crippen LogP contribution is 2.32. The molecular weight excluding hydrogens is 316 g/mol. The average molecular weight is 332 g/mol. The summed E-state index contributed by atoms with van der Waals surface area (Å²) in [6, 6.07) is 6.71. The van der Waals surface area contributed by atoms with Crippen molar-refractivity contribution in [2.24, 2.45) is 0 Å². The highest BCUT2D eigenvalue weighted by atomic mass is 32.1. The summed E-state index contributed by atoms with van der Waals surface area (Å²) in [5.41, 5.74) is 1.01. The lowest BCUT2D eigenvalue weighted by atomic mass is 10.2. The van der Waals surface area contributed by atoms with Crippen LogP contribution < -0.4 is 10.6 Å². The van der Waals surface area contributed by atoms with Crippen molar-refractivity contribution in [2.45, 2.75) is 25.9 Å². The molecule has 7 nitrogen and oxygen atoms in total. The van der Waals surface area contributed by atoms with Crippen molar-refractivity contribution < 1.29 is 14.3 Å². The Morgan fingerprint density at radius 3 is 2.91 bits per heavy atom. The van der Waals surface area contributed by atoms with Crippen LogP contribution >= 0.6 is 11.3 Å². The molecule has 1 aromatic heterocycles. The van der Waals surface area contributed by atoms with E-state index in [4.69, 9.17) is 4.74 Å². The van der Waals surface area contributed by atoms with Crippen molar-refractivity contribution in [3.8, 4) is 0 Å². The lowest BCUT2D eigenvalue weighted by Gasteiger charge is -2.05. The Labute approximate surface area is 137 Å². The van der Waals surface area contributed by atoms with E-state index in [1.165, 1.54) is 18.3 Å². The van der Waals surface area contributed by atoms with E-state index in [0.29, 0.717) is 16.4 Å². The third-order valence-electron chi connectivity index (χ3n) is 3.31. The molecule has 1 saturated heterocycles. The second-order valence-corrected chi connectivity index (χ2v) is 6.17.